The van der Waals surface area contributed by atoms with E-state index >= 15 is 0 Å². The van der Waals surface area contributed by atoms with Gasteiger partial charge in [0.05, 0.1) is 20.3 Å². The highest BCUT2D eigenvalue weighted by molar-refractivity contribution is 5.43. The van der Waals surface area contributed by atoms with Crippen molar-refractivity contribution in [3.63, 3.8) is 0 Å². The minimum absolute atomic E-state index is 0.438. The van der Waals surface area contributed by atoms with Crippen LogP contribution in [0.25, 0.3) is 0 Å². The summed E-state index contributed by atoms with van der Waals surface area (Å²) in [5, 5.41) is 3.17. The summed E-state index contributed by atoms with van der Waals surface area (Å²) in [5.74, 6) is 1.03. The molecule has 1 aromatic carbocycles. The van der Waals surface area contributed by atoms with E-state index in [4.69, 9.17) is 9.47 Å². The van der Waals surface area contributed by atoms with Crippen molar-refractivity contribution >= 4 is 0 Å². The van der Waals surface area contributed by atoms with E-state index in [9.17, 15) is 8.78 Å². The standard InChI is InChI=1S/C14H20F2N2O2/c1-19-10-3-4-11(12(9-10)20-2)13(14(15)16)18-7-5-17-6-8-18/h3-4,9,13-14,17H,5-8H2,1-2H3/t13-/m1/s1. The summed E-state index contributed by atoms with van der Waals surface area (Å²) < 4.78 is 37.4. The monoisotopic (exact) mass is 286 g/mol. The molecular formula is C14H20F2N2O2. The number of halogens is 2. The number of nitrogens with one attached hydrogen (secondary N) is 1. The molecule has 0 aliphatic carbocycles. The van der Waals surface area contributed by atoms with Gasteiger partial charge in [-0.1, -0.05) is 0 Å². The average Bonchev–Trinajstić information content (AvgIpc) is 2.48. The molecule has 4 nitrogen and oxygen atoms in total. The summed E-state index contributed by atoms with van der Waals surface area (Å²) in [5.41, 5.74) is 0.505. The molecule has 0 saturated carbocycles. The number of ether oxygens (including phenoxy) is 2. The number of piperazine rings is 1. The Morgan fingerprint density at radius 3 is 2.40 bits per heavy atom. The first-order valence-electron chi connectivity index (χ1n) is 6.62. The quantitative estimate of drug-likeness (QED) is 0.896. The SMILES string of the molecule is COc1ccc([C@H](C(F)F)N2CCNCC2)c(OC)c1. The molecule has 0 spiro atoms. The van der Waals surface area contributed by atoms with Gasteiger partial charge in [0.15, 0.2) is 0 Å². The van der Waals surface area contributed by atoms with Crippen LogP contribution in [0.1, 0.15) is 11.6 Å². The second-order valence-corrected chi connectivity index (χ2v) is 4.67. The minimum Gasteiger partial charge on any atom is -0.497 e. The molecule has 1 N–H and O–H groups in total. The van der Waals surface area contributed by atoms with Gasteiger partial charge in [0.2, 0.25) is 0 Å². The number of hydrogen-bond acceptors (Lipinski definition) is 4. The summed E-state index contributed by atoms with van der Waals surface area (Å²) in [4.78, 5) is 1.80. The molecule has 0 amide bonds. The van der Waals surface area contributed by atoms with Gasteiger partial charge in [-0.05, 0) is 12.1 Å². The molecule has 0 unspecified atom stereocenters. The van der Waals surface area contributed by atoms with E-state index in [0.29, 0.717) is 30.2 Å². The van der Waals surface area contributed by atoms with E-state index in [1.807, 2.05) is 0 Å². The highest BCUT2D eigenvalue weighted by Crippen LogP contribution is 2.36. The lowest BCUT2D eigenvalue weighted by molar-refractivity contribution is 0.0170. The van der Waals surface area contributed by atoms with Gasteiger partial charge in [-0.3, -0.25) is 4.90 Å². The van der Waals surface area contributed by atoms with E-state index < -0.39 is 12.5 Å². The molecule has 1 fully saturated rings. The first-order valence-corrected chi connectivity index (χ1v) is 6.62. The third-order valence-corrected chi connectivity index (χ3v) is 3.54. The van der Waals surface area contributed by atoms with Crippen molar-refractivity contribution in [1.82, 2.24) is 10.2 Å². The molecular weight excluding hydrogens is 266 g/mol. The molecule has 1 saturated heterocycles. The Bertz CT molecular complexity index is 437. The van der Waals surface area contributed by atoms with E-state index in [0.717, 1.165) is 13.1 Å². The van der Waals surface area contributed by atoms with Crippen molar-refractivity contribution in [2.24, 2.45) is 0 Å². The number of alkyl halides is 2. The Balaban J connectivity index is 2.32. The molecule has 1 atom stereocenters. The van der Waals surface area contributed by atoms with Crippen molar-refractivity contribution < 1.29 is 18.3 Å². The van der Waals surface area contributed by atoms with Gasteiger partial charge in [-0.25, -0.2) is 8.78 Å². The van der Waals surface area contributed by atoms with Crippen molar-refractivity contribution in [3.05, 3.63) is 23.8 Å². The molecule has 112 valence electrons. The first kappa shape index (κ1) is 15.0. The predicted molar refractivity (Wildman–Crippen MR) is 72.7 cm³/mol. The summed E-state index contributed by atoms with van der Waals surface area (Å²) in [7, 11) is 3.02. The van der Waals surface area contributed by atoms with Gasteiger partial charge in [0.1, 0.15) is 11.5 Å². The summed E-state index contributed by atoms with van der Waals surface area (Å²) in [6, 6.07) is 4.05. The van der Waals surface area contributed by atoms with Crippen molar-refractivity contribution in [2.75, 3.05) is 40.4 Å². The zero-order valence-corrected chi connectivity index (χ0v) is 11.7. The Kier molecular flexibility index (Phi) is 5.14. The maximum Gasteiger partial charge on any atom is 0.258 e. The fourth-order valence-corrected chi connectivity index (χ4v) is 2.51. The smallest absolute Gasteiger partial charge is 0.258 e. The van der Waals surface area contributed by atoms with Crippen molar-refractivity contribution in [3.8, 4) is 11.5 Å². The van der Waals surface area contributed by atoms with E-state index in [1.165, 1.54) is 14.2 Å². The van der Waals surface area contributed by atoms with Crippen LogP contribution in [0.3, 0.4) is 0 Å². The van der Waals surface area contributed by atoms with Crippen molar-refractivity contribution in [2.45, 2.75) is 12.5 Å². The van der Waals surface area contributed by atoms with Gasteiger partial charge in [0.25, 0.3) is 6.43 Å². The van der Waals surface area contributed by atoms with E-state index in [2.05, 4.69) is 5.32 Å². The second-order valence-electron chi connectivity index (χ2n) is 4.67. The van der Waals surface area contributed by atoms with Crippen LogP contribution in [0.15, 0.2) is 18.2 Å². The molecule has 1 heterocycles. The summed E-state index contributed by atoms with van der Waals surface area (Å²) in [6.45, 7) is 2.65. The molecule has 0 bridgehead atoms. The molecule has 1 aliphatic rings. The third-order valence-electron chi connectivity index (χ3n) is 3.54. The van der Waals surface area contributed by atoms with Crippen LogP contribution in [0.2, 0.25) is 0 Å². The zero-order valence-electron chi connectivity index (χ0n) is 11.7. The molecule has 1 aliphatic heterocycles. The normalized spacial score (nSPS) is 18.1. The second kappa shape index (κ2) is 6.85. The summed E-state index contributed by atoms with van der Waals surface area (Å²) >= 11 is 0. The summed E-state index contributed by atoms with van der Waals surface area (Å²) in [6.07, 6.45) is -2.46. The highest BCUT2D eigenvalue weighted by Gasteiger charge is 2.32. The van der Waals surface area contributed by atoms with E-state index in [1.54, 1.807) is 23.1 Å². The number of hydrogen-bond donors (Lipinski definition) is 1. The first-order chi connectivity index (χ1) is 9.67. The number of methoxy groups -OCH3 is 2. The fraction of sp³-hybridized carbons (Fsp3) is 0.571. The average molecular weight is 286 g/mol. The predicted octanol–water partition coefficient (Wildman–Crippen LogP) is 1.92. The fourth-order valence-electron chi connectivity index (χ4n) is 2.51. The van der Waals surface area contributed by atoms with Gasteiger partial charge in [-0.2, -0.15) is 0 Å². The maximum absolute atomic E-state index is 13.5. The van der Waals surface area contributed by atoms with Gasteiger partial charge in [-0.15, -0.1) is 0 Å². The van der Waals surface area contributed by atoms with Crippen LogP contribution in [0.4, 0.5) is 8.78 Å². The molecule has 1 aromatic rings. The Hall–Kier alpha value is -1.40. The lowest BCUT2D eigenvalue weighted by atomic mass is 10.0. The zero-order chi connectivity index (χ0) is 14.5. The van der Waals surface area contributed by atoms with E-state index in [-0.39, 0.29) is 0 Å². The van der Waals surface area contributed by atoms with Crippen LogP contribution >= 0.6 is 0 Å². The van der Waals surface area contributed by atoms with Crippen molar-refractivity contribution in [1.29, 1.82) is 0 Å². The largest absolute Gasteiger partial charge is 0.497 e. The molecule has 0 aromatic heterocycles. The maximum atomic E-state index is 13.5. The Morgan fingerprint density at radius 1 is 1.15 bits per heavy atom. The Morgan fingerprint density at radius 2 is 1.85 bits per heavy atom. The number of benzene rings is 1. The van der Waals surface area contributed by atoms with Gasteiger partial charge in [0, 0.05) is 37.8 Å². The topological polar surface area (TPSA) is 33.7 Å². The van der Waals surface area contributed by atoms with Gasteiger partial charge < -0.3 is 14.8 Å². The number of rotatable bonds is 5. The van der Waals surface area contributed by atoms with Crippen LogP contribution in [-0.4, -0.2) is 51.7 Å². The van der Waals surface area contributed by atoms with Crippen LogP contribution in [-0.2, 0) is 0 Å². The molecule has 2 rings (SSSR count). The Labute approximate surface area is 117 Å². The third kappa shape index (κ3) is 3.19. The van der Waals surface area contributed by atoms with Gasteiger partial charge >= 0.3 is 0 Å². The highest BCUT2D eigenvalue weighted by atomic mass is 19.3. The molecule has 0 radical (unpaired) electrons. The molecule has 20 heavy (non-hydrogen) atoms. The van der Waals surface area contributed by atoms with Crippen LogP contribution in [0.5, 0.6) is 11.5 Å². The van der Waals surface area contributed by atoms with Crippen LogP contribution < -0.4 is 14.8 Å². The lowest BCUT2D eigenvalue weighted by Crippen LogP contribution is -2.47. The minimum atomic E-state index is -2.46. The lowest BCUT2D eigenvalue weighted by Gasteiger charge is -2.35. The molecule has 6 heteroatoms. The van der Waals surface area contributed by atoms with Crippen LogP contribution in [0, 0.1) is 0 Å². The number of nitrogens with zero attached hydrogens (tertiary/aromatic N) is 1.